The molecule has 15 heavy (non-hydrogen) atoms. The van der Waals surface area contributed by atoms with E-state index in [-0.39, 0.29) is 19.0 Å². The van der Waals surface area contributed by atoms with Gasteiger partial charge >= 0.3 is 0 Å². The number of ether oxygens (including phenoxy) is 2. The monoisotopic (exact) mass is 272 g/mol. The molecular weight excluding hydrogens is 260 g/mol. The number of hydrogen-bond donors (Lipinski definition) is 1. The molecule has 82 valence electrons. The molecule has 0 spiro atoms. The minimum absolute atomic E-state index is 0.0129. The van der Waals surface area contributed by atoms with Gasteiger partial charge in [0.1, 0.15) is 0 Å². The molecule has 2 rings (SSSR count). The zero-order valence-electron chi connectivity index (χ0n) is 8.23. The smallest absolute Gasteiger partial charge is 0.184 e. The molecule has 1 N–H and O–H groups in total. The Kier molecular flexibility index (Phi) is 3.75. The van der Waals surface area contributed by atoms with Crippen molar-refractivity contribution in [1.29, 1.82) is 0 Å². The molecule has 3 nitrogen and oxygen atoms in total. The quantitative estimate of drug-likeness (QED) is 0.918. The fourth-order valence-corrected chi connectivity index (χ4v) is 1.99. The maximum atomic E-state index is 8.78. The molecule has 1 saturated heterocycles. The third kappa shape index (κ3) is 2.78. The Balaban J connectivity index is 2.01. The van der Waals surface area contributed by atoms with E-state index in [2.05, 4.69) is 15.9 Å². The van der Waals surface area contributed by atoms with Crippen LogP contribution in [0, 0.1) is 0 Å². The average molecular weight is 273 g/mol. The fraction of sp³-hybridized carbons (Fsp3) is 0.455. The number of hydrogen-bond acceptors (Lipinski definition) is 3. The van der Waals surface area contributed by atoms with Crippen LogP contribution in [-0.2, 0) is 9.47 Å². The first-order valence-electron chi connectivity index (χ1n) is 4.93. The summed E-state index contributed by atoms with van der Waals surface area (Å²) in [4.78, 5) is 0. The van der Waals surface area contributed by atoms with Crippen molar-refractivity contribution in [3.05, 3.63) is 34.3 Å². The lowest BCUT2D eigenvalue weighted by Gasteiger charge is -2.11. The minimum Gasteiger partial charge on any atom is -0.396 e. The van der Waals surface area contributed by atoms with Gasteiger partial charge in [-0.1, -0.05) is 28.1 Å². The molecule has 0 bridgehead atoms. The van der Waals surface area contributed by atoms with Gasteiger partial charge in [-0.2, -0.15) is 0 Å². The Morgan fingerprint density at radius 3 is 3.07 bits per heavy atom. The van der Waals surface area contributed by atoms with Crippen molar-refractivity contribution in [2.45, 2.75) is 18.8 Å². The molecule has 1 heterocycles. The lowest BCUT2D eigenvalue weighted by molar-refractivity contribution is -0.0627. The highest BCUT2D eigenvalue weighted by Gasteiger charge is 2.26. The van der Waals surface area contributed by atoms with Crippen molar-refractivity contribution in [1.82, 2.24) is 0 Å². The zero-order chi connectivity index (χ0) is 10.7. The molecule has 0 amide bonds. The number of halogens is 1. The number of rotatable bonds is 3. The molecule has 1 aliphatic rings. The lowest BCUT2D eigenvalue weighted by Crippen LogP contribution is -2.11. The summed E-state index contributed by atoms with van der Waals surface area (Å²) in [6.45, 7) is 0.691. The summed E-state index contributed by atoms with van der Waals surface area (Å²) in [5.41, 5.74) is 1.00. The van der Waals surface area contributed by atoms with Crippen LogP contribution in [0.3, 0.4) is 0 Å². The lowest BCUT2D eigenvalue weighted by atomic mass is 10.2. The Morgan fingerprint density at radius 2 is 2.33 bits per heavy atom. The highest BCUT2D eigenvalue weighted by molar-refractivity contribution is 9.10. The Morgan fingerprint density at radius 1 is 1.47 bits per heavy atom. The summed E-state index contributed by atoms with van der Waals surface area (Å²) in [7, 11) is 0. The SMILES string of the molecule is OCCC1COC(c2cccc(Br)c2)O1. The third-order valence-corrected chi connectivity index (χ3v) is 2.81. The van der Waals surface area contributed by atoms with E-state index in [1.54, 1.807) is 0 Å². The molecular formula is C11H13BrO3. The standard InChI is InChI=1S/C11H13BrO3/c12-9-3-1-2-8(6-9)11-14-7-10(15-11)4-5-13/h1-3,6,10-11,13H,4-5,7H2. The van der Waals surface area contributed by atoms with Crippen molar-refractivity contribution >= 4 is 15.9 Å². The molecule has 1 aromatic rings. The van der Waals surface area contributed by atoms with Crippen LogP contribution < -0.4 is 0 Å². The largest absolute Gasteiger partial charge is 0.396 e. The van der Waals surface area contributed by atoms with Gasteiger partial charge in [0.25, 0.3) is 0 Å². The minimum atomic E-state index is -0.293. The van der Waals surface area contributed by atoms with Gasteiger partial charge in [-0.05, 0) is 18.6 Å². The van der Waals surface area contributed by atoms with Crippen LogP contribution in [0.15, 0.2) is 28.7 Å². The number of benzene rings is 1. The van der Waals surface area contributed by atoms with Crippen LogP contribution in [0.25, 0.3) is 0 Å². The van der Waals surface area contributed by atoms with E-state index in [1.165, 1.54) is 0 Å². The fourth-order valence-electron chi connectivity index (χ4n) is 1.57. The highest BCUT2D eigenvalue weighted by atomic mass is 79.9. The Bertz CT molecular complexity index is 329. The molecule has 4 heteroatoms. The second-order valence-electron chi connectivity index (χ2n) is 3.49. The third-order valence-electron chi connectivity index (χ3n) is 2.32. The number of aliphatic hydroxyl groups is 1. The molecule has 1 aliphatic heterocycles. The van der Waals surface area contributed by atoms with Crippen molar-refractivity contribution in [3.63, 3.8) is 0 Å². The Hall–Kier alpha value is -0.420. The normalized spacial score (nSPS) is 25.7. The van der Waals surface area contributed by atoms with Crippen LogP contribution in [0.1, 0.15) is 18.3 Å². The van der Waals surface area contributed by atoms with Crippen LogP contribution >= 0.6 is 15.9 Å². The van der Waals surface area contributed by atoms with E-state index < -0.39 is 0 Å². The predicted octanol–water partition coefficient (Wildman–Crippen LogP) is 2.25. The van der Waals surface area contributed by atoms with Gasteiger partial charge in [-0.15, -0.1) is 0 Å². The van der Waals surface area contributed by atoms with E-state index >= 15 is 0 Å². The summed E-state index contributed by atoms with van der Waals surface area (Å²) < 4.78 is 12.2. The van der Waals surface area contributed by atoms with E-state index in [9.17, 15) is 0 Å². The van der Waals surface area contributed by atoms with Crippen molar-refractivity contribution in [3.8, 4) is 0 Å². The molecule has 1 fully saturated rings. The second-order valence-corrected chi connectivity index (χ2v) is 4.41. The number of aliphatic hydroxyl groups excluding tert-OH is 1. The molecule has 0 radical (unpaired) electrons. The van der Waals surface area contributed by atoms with Gasteiger partial charge < -0.3 is 14.6 Å². The summed E-state index contributed by atoms with van der Waals surface area (Å²) in [6.07, 6.45) is 0.350. The topological polar surface area (TPSA) is 38.7 Å². The first kappa shape index (κ1) is 11.1. The second kappa shape index (κ2) is 5.07. The summed E-state index contributed by atoms with van der Waals surface area (Å²) >= 11 is 3.40. The molecule has 0 aliphatic carbocycles. The molecule has 1 aromatic carbocycles. The maximum Gasteiger partial charge on any atom is 0.184 e. The summed E-state index contributed by atoms with van der Waals surface area (Å²) in [6, 6.07) is 7.86. The average Bonchev–Trinajstić information content (AvgIpc) is 2.67. The van der Waals surface area contributed by atoms with Gasteiger partial charge in [0.05, 0.1) is 12.7 Å². The van der Waals surface area contributed by atoms with E-state index in [4.69, 9.17) is 14.6 Å². The van der Waals surface area contributed by atoms with Crippen LogP contribution in [-0.4, -0.2) is 24.4 Å². The molecule has 0 saturated carbocycles. The van der Waals surface area contributed by atoms with E-state index in [1.807, 2.05) is 24.3 Å². The van der Waals surface area contributed by atoms with Crippen molar-refractivity contribution < 1.29 is 14.6 Å². The molecule has 2 unspecified atom stereocenters. The summed E-state index contributed by atoms with van der Waals surface area (Å²) in [5, 5.41) is 8.78. The van der Waals surface area contributed by atoms with E-state index in [0.29, 0.717) is 13.0 Å². The molecule has 2 atom stereocenters. The first-order chi connectivity index (χ1) is 7.29. The summed E-state index contributed by atoms with van der Waals surface area (Å²) in [5.74, 6) is 0. The first-order valence-corrected chi connectivity index (χ1v) is 5.72. The molecule has 0 aromatic heterocycles. The Labute approximate surface area is 97.1 Å². The van der Waals surface area contributed by atoms with Gasteiger partial charge in [0.15, 0.2) is 6.29 Å². The van der Waals surface area contributed by atoms with Crippen LogP contribution in [0.5, 0.6) is 0 Å². The van der Waals surface area contributed by atoms with Gasteiger partial charge in [-0.25, -0.2) is 0 Å². The van der Waals surface area contributed by atoms with Gasteiger partial charge in [0.2, 0.25) is 0 Å². The van der Waals surface area contributed by atoms with Gasteiger partial charge in [-0.3, -0.25) is 0 Å². The highest BCUT2D eigenvalue weighted by Crippen LogP contribution is 2.29. The zero-order valence-corrected chi connectivity index (χ0v) is 9.81. The van der Waals surface area contributed by atoms with Crippen molar-refractivity contribution in [2.75, 3.05) is 13.2 Å². The maximum absolute atomic E-state index is 8.78. The van der Waals surface area contributed by atoms with E-state index in [0.717, 1.165) is 10.0 Å². The van der Waals surface area contributed by atoms with Gasteiger partial charge in [0, 0.05) is 16.6 Å². The van der Waals surface area contributed by atoms with Crippen LogP contribution in [0.2, 0.25) is 0 Å². The van der Waals surface area contributed by atoms with Crippen molar-refractivity contribution in [2.24, 2.45) is 0 Å². The predicted molar refractivity (Wildman–Crippen MR) is 59.4 cm³/mol. The van der Waals surface area contributed by atoms with Crippen LogP contribution in [0.4, 0.5) is 0 Å².